The fourth-order valence-electron chi connectivity index (χ4n) is 4.00. The molecule has 5 rings (SSSR count). The molecule has 0 unspecified atom stereocenters. The van der Waals surface area contributed by atoms with Gasteiger partial charge in [0.05, 0.1) is 17.6 Å². The van der Waals surface area contributed by atoms with Crippen molar-refractivity contribution in [3.63, 3.8) is 0 Å². The Morgan fingerprint density at radius 3 is 2.47 bits per heavy atom. The second kappa shape index (κ2) is 10.3. The molecule has 3 amide bonds. The monoisotopic (exact) mass is 523 g/mol. The Morgan fingerprint density at radius 1 is 1.00 bits per heavy atom. The van der Waals surface area contributed by atoms with Gasteiger partial charge in [0.15, 0.2) is 5.69 Å². The van der Waals surface area contributed by atoms with E-state index < -0.39 is 11.8 Å². The number of nitrogens with one attached hydrogen (secondary N) is 2. The first kappa shape index (κ1) is 23.8. The number of piperidine rings is 1. The van der Waals surface area contributed by atoms with Gasteiger partial charge in [-0.3, -0.25) is 25.2 Å². The lowest BCUT2D eigenvalue weighted by atomic mass is 9.97. The first-order valence-electron chi connectivity index (χ1n) is 11.1. The number of fused-ring (bicyclic) bond motifs is 1. The summed E-state index contributed by atoms with van der Waals surface area (Å²) in [5, 5.41) is 8.47. The Bertz CT molecular complexity index is 1420. The predicted octanol–water partition coefficient (Wildman–Crippen LogP) is 2.65. The molecular formula is C23H21N7O4S2. The molecular weight excluding hydrogens is 502 g/mol. The maximum atomic E-state index is 13.2. The van der Waals surface area contributed by atoms with Crippen molar-refractivity contribution >= 4 is 51.5 Å². The van der Waals surface area contributed by atoms with Crippen molar-refractivity contribution in [1.29, 1.82) is 0 Å². The van der Waals surface area contributed by atoms with Crippen molar-refractivity contribution in [2.45, 2.75) is 18.8 Å². The molecule has 0 spiro atoms. The summed E-state index contributed by atoms with van der Waals surface area (Å²) in [4.78, 5) is 48.2. The van der Waals surface area contributed by atoms with E-state index in [1.807, 2.05) is 24.3 Å². The average molecular weight is 524 g/mol. The minimum atomic E-state index is -0.553. The van der Waals surface area contributed by atoms with Crippen molar-refractivity contribution in [2.24, 2.45) is 0 Å². The molecule has 4 aromatic rings. The summed E-state index contributed by atoms with van der Waals surface area (Å²) in [7, 11) is 1.58. The van der Waals surface area contributed by atoms with Gasteiger partial charge in [-0.25, -0.2) is 9.97 Å². The summed E-state index contributed by atoms with van der Waals surface area (Å²) < 4.78 is 9.08. The van der Waals surface area contributed by atoms with Gasteiger partial charge in [0.2, 0.25) is 0 Å². The SMILES string of the molecule is COc1cc(C(=O)N2CCC(c3nc(C(=O)NNC(=O)c4csnn4)cs3)CC2)nc2ccccc12. The van der Waals surface area contributed by atoms with Crippen LogP contribution in [-0.4, -0.2) is 62.4 Å². The zero-order valence-electron chi connectivity index (χ0n) is 19.1. The molecule has 1 aliphatic heterocycles. The largest absolute Gasteiger partial charge is 0.496 e. The third-order valence-corrected chi connectivity index (χ3v) is 7.40. The molecule has 2 N–H and O–H groups in total. The van der Waals surface area contributed by atoms with Crippen LogP contribution < -0.4 is 15.6 Å². The van der Waals surface area contributed by atoms with Crippen LogP contribution in [0.25, 0.3) is 10.9 Å². The smallest absolute Gasteiger partial charge is 0.291 e. The maximum absolute atomic E-state index is 13.2. The van der Waals surface area contributed by atoms with Gasteiger partial charge in [0, 0.05) is 41.2 Å². The molecule has 0 saturated carbocycles. The number of methoxy groups -OCH3 is 1. The number of pyridine rings is 1. The van der Waals surface area contributed by atoms with Gasteiger partial charge >= 0.3 is 0 Å². The van der Waals surface area contributed by atoms with E-state index in [2.05, 4.69) is 30.4 Å². The Hall–Kier alpha value is -3.97. The number of aromatic nitrogens is 4. The van der Waals surface area contributed by atoms with Gasteiger partial charge in [0.1, 0.15) is 17.1 Å². The summed E-state index contributed by atoms with van der Waals surface area (Å²) in [6.45, 7) is 1.11. The molecule has 36 heavy (non-hydrogen) atoms. The van der Waals surface area contributed by atoms with Gasteiger partial charge < -0.3 is 9.64 Å². The standard InChI is InChI=1S/C23H21N7O4S2/c1-34-19-10-16(24-15-5-3-2-4-14(15)19)23(33)30-8-6-13(7-9-30)22-25-17(11-35-22)20(31)27-28-21(32)18-12-36-29-26-18/h2-5,10-13H,6-9H2,1H3,(H,27,31)(H,28,32). The van der Waals surface area contributed by atoms with Crippen LogP contribution >= 0.6 is 22.9 Å². The number of benzene rings is 1. The van der Waals surface area contributed by atoms with E-state index in [9.17, 15) is 14.4 Å². The highest BCUT2D eigenvalue weighted by Crippen LogP contribution is 2.31. The minimum absolute atomic E-state index is 0.123. The lowest BCUT2D eigenvalue weighted by Crippen LogP contribution is -2.42. The molecule has 13 heteroatoms. The maximum Gasteiger partial charge on any atom is 0.291 e. The molecule has 184 valence electrons. The zero-order chi connectivity index (χ0) is 25.1. The van der Waals surface area contributed by atoms with Crippen LogP contribution in [0, 0.1) is 0 Å². The van der Waals surface area contributed by atoms with E-state index in [4.69, 9.17) is 4.74 Å². The number of nitrogens with zero attached hydrogens (tertiary/aromatic N) is 5. The molecule has 4 heterocycles. The summed E-state index contributed by atoms with van der Waals surface area (Å²) in [6, 6.07) is 9.24. The third kappa shape index (κ3) is 4.88. The summed E-state index contributed by atoms with van der Waals surface area (Å²) in [5.74, 6) is -0.453. The van der Waals surface area contributed by atoms with Crippen molar-refractivity contribution in [2.75, 3.05) is 20.2 Å². The number of hydrogen-bond acceptors (Lipinski definition) is 10. The lowest BCUT2D eigenvalue weighted by Gasteiger charge is -2.31. The van der Waals surface area contributed by atoms with Crippen molar-refractivity contribution < 1.29 is 19.1 Å². The molecule has 1 saturated heterocycles. The highest BCUT2D eigenvalue weighted by molar-refractivity contribution is 7.10. The normalized spacial score (nSPS) is 14.0. The van der Waals surface area contributed by atoms with Gasteiger partial charge in [0.25, 0.3) is 17.7 Å². The van der Waals surface area contributed by atoms with E-state index in [1.165, 1.54) is 16.7 Å². The van der Waals surface area contributed by atoms with E-state index in [0.717, 1.165) is 34.8 Å². The van der Waals surface area contributed by atoms with Crippen LogP contribution in [0.15, 0.2) is 41.1 Å². The average Bonchev–Trinajstić information content (AvgIpc) is 3.64. The first-order valence-corrected chi connectivity index (χ1v) is 12.8. The number of hydrazine groups is 1. The molecule has 0 aliphatic carbocycles. The Labute approximate surface area is 213 Å². The summed E-state index contributed by atoms with van der Waals surface area (Å²) in [6.07, 6.45) is 1.44. The molecule has 1 aromatic carbocycles. The van der Waals surface area contributed by atoms with Crippen LogP contribution in [0.4, 0.5) is 0 Å². The molecule has 0 bridgehead atoms. The molecule has 3 aromatic heterocycles. The molecule has 0 atom stereocenters. The van der Waals surface area contributed by atoms with Gasteiger partial charge in [-0.1, -0.05) is 16.6 Å². The Morgan fingerprint density at radius 2 is 1.75 bits per heavy atom. The lowest BCUT2D eigenvalue weighted by molar-refractivity contribution is 0.0706. The fraction of sp³-hybridized carbons (Fsp3) is 0.261. The first-order chi connectivity index (χ1) is 17.5. The predicted molar refractivity (Wildman–Crippen MR) is 133 cm³/mol. The number of rotatable bonds is 5. The minimum Gasteiger partial charge on any atom is -0.496 e. The quantitative estimate of drug-likeness (QED) is 0.381. The van der Waals surface area contributed by atoms with Gasteiger partial charge in [-0.15, -0.1) is 16.4 Å². The Balaban J connectivity index is 1.18. The molecule has 11 nitrogen and oxygen atoms in total. The van der Waals surface area contributed by atoms with Gasteiger partial charge in [-0.2, -0.15) is 0 Å². The number of amides is 3. The zero-order valence-corrected chi connectivity index (χ0v) is 20.8. The summed E-state index contributed by atoms with van der Waals surface area (Å²) >= 11 is 2.43. The van der Waals surface area contributed by atoms with E-state index in [1.54, 1.807) is 23.5 Å². The highest BCUT2D eigenvalue weighted by Gasteiger charge is 2.28. The van der Waals surface area contributed by atoms with Crippen molar-refractivity contribution in [3.05, 3.63) is 63.2 Å². The fourth-order valence-corrected chi connectivity index (χ4v) is 5.41. The molecule has 1 aliphatic rings. The van der Waals surface area contributed by atoms with E-state index in [0.29, 0.717) is 30.0 Å². The van der Waals surface area contributed by atoms with Crippen LogP contribution in [0.5, 0.6) is 5.75 Å². The number of para-hydroxylation sites is 1. The number of likely N-dealkylation sites (tertiary alicyclic amines) is 1. The second-order valence-corrected chi connectivity index (χ2v) is 9.56. The van der Waals surface area contributed by atoms with Crippen LogP contribution in [0.2, 0.25) is 0 Å². The number of carbonyl (C=O) groups excluding carboxylic acids is 3. The number of hydrogen-bond donors (Lipinski definition) is 2. The van der Waals surface area contributed by atoms with Crippen molar-refractivity contribution in [3.8, 4) is 5.75 Å². The van der Waals surface area contributed by atoms with Crippen molar-refractivity contribution in [1.82, 2.24) is 35.3 Å². The van der Waals surface area contributed by atoms with Crippen LogP contribution in [-0.2, 0) is 0 Å². The van der Waals surface area contributed by atoms with E-state index >= 15 is 0 Å². The summed E-state index contributed by atoms with van der Waals surface area (Å²) in [5.41, 5.74) is 6.04. The Kier molecular flexibility index (Phi) is 6.82. The van der Waals surface area contributed by atoms with Gasteiger partial charge in [-0.05, 0) is 36.5 Å². The third-order valence-electron chi connectivity index (χ3n) is 5.89. The highest BCUT2D eigenvalue weighted by atomic mass is 32.1. The number of thiazole rings is 1. The second-order valence-electron chi connectivity index (χ2n) is 8.06. The van der Waals surface area contributed by atoms with Crippen LogP contribution in [0.1, 0.15) is 55.2 Å². The molecule has 1 fully saturated rings. The van der Waals surface area contributed by atoms with Crippen LogP contribution in [0.3, 0.4) is 0 Å². The topological polar surface area (TPSA) is 139 Å². The number of ether oxygens (including phenoxy) is 1. The molecule has 0 radical (unpaired) electrons. The number of carbonyl (C=O) groups is 3. The van der Waals surface area contributed by atoms with E-state index in [-0.39, 0.29) is 23.2 Å².